The Kier molecular flexibility index (Phi) is 7.03. The highest BCUT2D eigenvalue weighted by atomic mass is 32.2. The average molecular weight is 376 g/mol. The normalized spacial score (nSPS) is 11.0. The molecule has 0 bridgehead atoms. The topological polar surface area (TPSA) is 75.7 Å². The molecule has 0 saturated carbocycles. The molecular formula is C19H24N2O4S. The van der Waals surface area contributed by atoms with Crippen LogP contribution < -0.4 is 14.4 Å². The van der Waals surface area contributed by atoms with Crippen molar-refractivity contribution in [3.05, 3.63) is 60.2 Å². The number of carbonyl (C=O) groups excluding carboxylic acids is 1. The smallest absolute Gasteiger partial charge is 0.241 e. The van der Waals surface area contributed by atoms with Crippen LogP contribution in [0.25, 0.3) is 0 Å². The van der Waals surface area contributed by atoms with E-state index in [0.29, 0.717) is 24.6 Å². The molecule has 0 spiro atoms. The number of nitrogens with zero attached hydrogens (tertiary/aromatic N) is 1. The van der Waals surface area contributed by atoms with E-state index >= 15 is 0 Å². The Hall–Kier alpha value is -2.54. The largest absolute Gasteiger partial charge is 0.494 e. The molecule has 0 saturated heterocycles. The van der Waals surface area contributed by atoms with Gasteiger partial charge in [0.1, 0.15) is 12.3 Å². The Labute approximate surface area is 154 Å². The van der Waals surface area contributed by atoms with Gasteiger partial charge in [0, 0.05) is 6.54 Å². The number of rotatable bonds is 9. The molecule has 0 aliphatic rings. The van der Waals surface area contributed by atoms with Gasteiger partial charge in [0.15, 0.2) is 0 Å². The first-order valence-corrected chi connectivity index (χ1v) is 10.3. The number of benzene rings is 2. The summed E-state index contributed by atoms with van der Waals surface area (Å²) in [5.74, 6) is 0.295. The molecule has 0 heterocycles. The van der Waals surface area contributed by atoms with E-state index in [1.165, 1.54) is 0 Å². The number of carbonyl (C=O) groups is 1. The molecule has 6 nitrogen and oxygen atoms in total. The third-order valence-electron chi connectivity index (χ3n) is 3.62. The van der Waals surface area contributed by atoms with Gasteiger partial charge < -0.3 is 10.1 Å². The van der Waals surface area contributed by atoms with Crippen LogP contribution in [0.15, 0.2) is 54.6 Å². The first kappa shape index (κ1) is 19.8. The highest BCUT2D eigenvalue weighted by Gasteiger charge is 2.20. The van der Waals surface area contributed by atoms with Crippen LogP contribution in [0, 0.1) is 0 Å². The van der Waals surface area contributed by atoms with Crippen LogP contribution in [0.1, 0.15) is 18.9 Å². The van der Waals surface area contributed by atoms with Gasteiger partial charge in [-0.1, -0.05) is 37.3 Å². The Bertz CT molecular complexity index is 805. The zero-order chi connectivity index (χ0) is 19.0. The van der Waals surface area contributed by atoms with Crippen molar-refractivity contribution >= 4 is 21.6 Å². The number of hydrogen-bond donors (Lipinski definition) is 1. The van der Waals surface area contributed by atoms with Crippen molar-refractivity contribution in [3.8, 4) is 5.75 Å². The lowest BCUT2D eigenvalue weighted by atomic mass is 10.2. The van der Waals surface area contributed by atoms with Crippen molar-refractivity contribution in [1.82, 2.24) is 5.32 Å². The Morgan fingerprint density at radius 2 is 1.73 bits per heavy atom. The zero-order valence-corrected chi connectivity index (χ0v) is 15.8. The lowest BCUT2D eigenvalue weighted by molar-refractivity contribution is -0.119. The Morgan fingerprint density at radius 3 is 2.31 bits per heavy atom. The van der Waals surface area contributed by atoms with Crippen LogP contribution in [-0.2, 0) is 21.4 Å². The van der Waals surface area contributed by atoms with E-state index in [0.717, 1.165) is 22.5 Å². The molecule has 0 atom stereocenters. The van der Waals surface area contributed by atoms with E-state index in [2.05, 4.69) is 5.32 Å². The van der Waals surface area contributed by atoms with E-state index < -0.39 is 10.0 Å². The minimum Gasteiger partial charge on any atom is -0.494 e. The van der Waals surface area contributed by atoms with Crippen molar-refractivity contribution in [2.75, 3.05) is 23.7 Å². The molecule has 2 aromatic carbocycles. The van der Waals surface area contributed by atoms with Gasteiger partial charge >= 0.3 is 0 Å². The number of amides is 1. The second-order valence-corrected chi connectivity index (χ2v) is 7.78. The van der Waals surface area contributed by atoms with Gasteiger partial charge in [0.2, 0.25) is 15.9 Å². The lowest BCUT2D eigenvalue weighted by Gasteiger charge is -2.22. The first-order chi connectivity index (χ1) is 12.4. The molecule has 0 fully saturated rings. The van der Waals surface area contributed by atoms with E-state index in [-0.39, 0.29) is 12.5 Å². The number of sulfonamides is 1. The molecule has 140 valence electrons. The van der Waals surface area contributed by atoms with Gasteiger partial charge in [0.25, 0.3) is 0 Å². The fourth-order valence-corrected chi connectivity index (χ4v) is 3.17. The SMILES string of the molecule is CCCOc1ccc(N(CC(=O)NCc2ccccc2)S(C)(=O)=O)cc1. The highest BCUT2D eigenvalue weighted by Crippen LogP contribution is 2.21. The maximum absolute atomic E-state index is 12.2. The maximum atomic E-state index is 12.2. The average Bonchev–Trinajstić information content (AvgIpc) is 2.63. The summed E-state index contributed by atoms with van der Waals surface area (Å²) in [4.78, 5) is 12.2. The summed E-state index contributed by atoms with van der Waals surface area (Å²) in [5.41, 5.74) is 1.37. The number of ether oxygens (including phenoxy) is 1. The Morgan fingerprint density at radius 1 is 1.08 bits per heavy atom. The molecule has 7 heteroatoms. The third-order valence-corrected chi connectivity index (χ3v) is 4.76. The second kappa shape index (κ2) is 9.24. The lowest BCUT2D eigenvalue weighted by Crippen LogP contribution is -2.40. The highest BCUT2D eigenvalue weighted by molar-refractivity contribution is 7.92. The van der Waals surface area contributed by atoms with Gasteiger partial charge in [-0.15, -0.1) is 0 Å². The van der Waals surface area contributed by atoms with E-state index in [1.807, 2.05) is 37.3 Å². The minimum absolute atomic E-state index is 0.277. The van der Waals surface area contributed by atoms with Gasteiger partial charge in [-0.05, 0) is 36.2 Å². The molecule has 0 radical (unpaired) electrons. The van der Waals surface area contributed by atoms with Crippen LogP contribution >= 0.6 is 0 Å². The van der Waals surface area contributed by atoms with Gasteiger partial charge in [-0.2, -0.15) is 0 Å². The van der Waals surface area contributed by atoms with Crippen LogP contribution in [0.3, 0.4) is 0 Å². The van der Waals surface area contributed by atoms with Gasteiger partial charge in [-0.25, -0.2) is 8.42 Å². The van der Waals surface area contributed by atoms with Crippen LogP contribution in [0.5, 0.6) is 5.75 Å². The number of anilines is 1. The molecule has 0 aliphatic heterocycles. The van der Waals surface area contributed by atoms with Crippen molar-refractivity contribution < 1.29 is 17.9 Å². The Balaban J connectivity index is 2.04. The molecule has 0 unspecified atom stereocenters. The van der Waals surface area contributed by atoms with Crippen LogP contribution in [0.4, 0.5) is 5.69 Å². The molecule has 0 aromatic heterocycles. The monoisotopic (exact) mass is 376 g/mol. The second-order valence-electron chi connectivity index (χ2n) is 5.87. The summed E-state index contributed by atoms with van der Waals surface area (Å²) in [5, 5.41) is 2.74. The fraction of sp³-hybridized carbons (Fsp3) is 0.316. The van der Waals surface area contributed by atoms with Crippen LogP contribution in [0.2, 0.25) is 0 Å². The minimum atomic E-state index is -3.59. The summed E-state index contributed by atoms with van der Waals surface area (Å²) < 4.78 is 30.8. The predicted molar refractivity (Wildman–Crippen MR) is 103 cm³/mol. The molecule has 2 rings (SSSR count). The standard InChI is InChI=1S/C19H24N2O4S/c1-3-13-25-18-11-9-17(10-12-18)21(26(2,23)24)15-19(22)20-14-16-7-5-4-6-8-16/h4-12H,3,13-15H2,1-2H3,(H,20,22). The van der Waals surface area contributed by atoms with Crippen LogP contribution in [-0.4, -0.2) is 33.7 Å². The summed E-state index contributed by atoms with van der Waals surface area (Å²) in [6.07, 6.45) is 1.97. The zero-order valence-electron chi connectivity index (χ0n) is 15.0. The molecule has 1 N–H and O–H groups in total. The third kappa shape index (κ3) is 6.07. The maximum Gasteiger partial charge on any atom is 0.241 e. The molecule has 1 amide bonds. The molecular weight excluding hydrogens is 352 g/mol. The van der Waals surface area contributed by atoms with E-state index in [1.54, 1.807) is 24.3 Å². The molecule has 26 heavy (non-hydrogen) atoms. The van der Waals surface area contributed by atoms with Crippen molar-refractivity contribution in [1.29, 1.82) is 0 Å². The molecule has 0 aliphatic carbocycles. The summed E-state index contributed by atoms with van der Waals surface area (Å²) >= 11 is 0. The number of nitrogens with one attached hydrogen (secondary N) is 1. The summed E-state index contributed by atoms with van der Waals surface area (Å²) in [6, 6.07) is 16.1. The van der Waals surface area contributed by atoms with E-state index in [4.69, 9.17) is 4.74 Å². The number of hydrogen-bond acceptors (Lipinski definition) is 4. The van der Waals surface area contributed by atoms with Crippen molar-refractivity contribution in [2.24, 2.45) is 0 Å². The summed E-state index contributed by atoms with van der Waals surface area (Å²) in [7, 11) is -3.59. The first-order valence-electron chi connectivity index (χ1n) is 8.41. The predicted octanol–water partition coefficient (Wildman–Crippen LogP) is 2.56. The van der Waals surface area contributed by atoms with Crippen molar-refractivity contribution in [2.45, 2.75) is 19.9 Å². The summed E-state index contributed by atoms with van der Waals surface area (Å²) in [6.45, 7) is 2.67. The van der Waals surface area contributed by atoms with Crippen molar-refractivity contribution in [3.63, 3.8) is 0 Å². The van der Waals surface area contributed by atoms with E-state index in [9.17, 15) is 13.2 Å². The fourth-order valence-electron chi connectivity index (χ4n) is 2.31. The van der Waals surface area contributed by atoms with Gasteiger partial charge in [-0.3, -0.25) is 9.10 Å². The van der Waals surface area contributed by atoms with Gasteiger partial charge in [0.05, 0.1) is 18.6 Å². The molecule has 2 aromatic rings. The quantitative estimate of drug-likeness (QED) is 0.730.